The second-order valence-electron chi connectivity index (χ2n) is 2.91. The van der Waals surface area contributed by atoms with Gasteiger partial charge in [0.1, 0.15) is 6.54 Å². The largest absolute Gasteiger partial charge is 0.458 e. The lowest BCUT2D eigenvalue weighted by atomic mass is 10.5. The minimum atomic E-state index is -0.671. The summed E-state index contributed by atoms with van der Waals surface area (Å²) >= 11 is 0. The van der Waals surface area contributed by atoms with Crippen LogP contribution in [0.4, 0.5) is 4.79 Å². The molecular weight excluding hydrogens is 188 g/mol. The molecule has 0 spiro atoms. The Morgan fingerprint density at radius 1 is 1.79 bits per heavy atom. The fourth-order valence-corrected chi connectivity index (χ4v) is 1.31. The van der Waals surface area contributed by atoms with Crippen LogP contribution >= 0.6 is 0 Å². The zero-order valence-electron chi connectivity index (χ0n) is 7.73. The van der Waals surface area contributed by atoms with Gasteiger partial charge in [0.25, 0.3) is 0 Å². The number of aliphatic hydroxyl groups excluding tert-OH is 1. The second kappa shape index (κ2) is 4.21. The summed E-state index contributed by atoms with van der Waals surface area (Å²) in [6.45, 7) is 3.84. The van der Waals surface area contributed by atoms with Gasteiger partial charge in [-0.2, -0.15) is 0 Å². The molecule has 1 aliphatic rings. The van der Waals surface area contributed by atoms with Gasteiger partial charge in [-0.05, 0) is 4.65 Å². The van der Waals surface area contributed by atoms with Gasteiger partial charge in [-0.15, -0.1) is 0 Å². The predicted octanol–water partition coefficient (Wildman–Crippen LogP) is -0.837. The molecular formula is C8H13N2O4+. The summed E-state index contributed by atoms with van der Waals surface area (Å²) in [5, 5.41) is 11.3. The minimum Gasteiger partial charge on any atom is -0.390 e. The van der Waals surface area contributed by atoms with Crippen molar-refractivity contribution in [3.63, 3.8) is 0 Å². The van der Waals surface area contributed by atoms with Crippen molar-refractivity contribution in [2.75, 3.05) is 26.2 Å². The first-order chi connectivity index (χ1) is 6.64. The quantitative estimate of drug-likeness (QED) is 0.459. The summed E-state index contributed by atoms with van der Waals surface area (Å²) in [5.41, 5.74) is 0. The van der Waals surface area contributed by atoms with Crippen molar-refractivity contribution in [2.45, 2.75) is 0 Å². The van der Waals surface area contributed by atoms with Crippen molar-refractivity contribution < 1.29 is 24.2 Å². The van der Waals surface area contributed by atoms with Crippen LogP contribution in [0, 0.1) is 0 Å². The third-order valence-corrected chi connectivity index (χ3v) is 2.01. The summed E-state index contributed by atoms with van der Waals surface area (Å²) in [4.78, 5) is 27.3. The van der Waals surface area contributed by atoms with Crippen molar-refractivity contribution in [1.29, 1.82) is 0 Å². The van der Waals surface area contributed by atoms with Crippen LogP contribution in [0.15, 0.2) is 12.7 Å². The van der Waals surface area contributed by atoms with Crippen LogP contribution in [0.25, 0.3) is 0 Å². The van der Waals surface area contributed by atoms with E-state index in [1.54, 1.807) is 0 Å². The van der Waals surface area contributed by atoms with Crippen molar-refractivity contribution in [3.05, 3.63) is 12.7 Å². The minimum absolute atomic E-state index is 0.0609. The van der Waals surface area contributed by atoms with E-state index in [1.165, 1.54) is 0 Å². The van der Waals surface area contributed by atoms with E-state index in [9.17, 15) is 9.59 Å². The number of rotatable bonds is 4. The number of carbonyl (C=O) groups excluding carboxylic acids is 2. The summed E-state index contributed by atoms with van der Waals surface area (Å²) in [5.74, 6) is -0.671. The Labute approximate surface area is 81.3 Å². The molecule has 1 unspecified atom stereocenters. The lowest BCUT2D eigenvalue weighted by molar-refractivity contribution is -1.02. The zero-order valence-corrected chi connectivity index (χ0v) is 7.73. The monoisotopic (exact) mass is 201 g/mol. The summed E-state index contributed by atoms with van der Waals surface area (Å²) in [7, 11) is 0. The van der Waals surface area contributed by atoms with E-state index in [1.807, 2.05) is 0 Å². The van der Waals surface area contributed by atoms with Crippen molar-refractivity contribution >= 4 is 12.0 Å². The number of hydroxylamine groups is 3. The molecule has 0 radical (unpaired) electrons. The maximum Gasteiger partial charge on any atom is 0.458 e. The molecule has 0 saturated carbocycles. The van der Waals surface area contributed by atoms with Crippen LogP contribution in [0.2, 0.25) is 0 Å². The van der Waals surface area contributed by atoms with Crippen LogP contribution in [-0.2, 0) is 9.63 Å². The normalized spacial score (nSPS) is 25.6. The number of aliphatic hydroxyl groups is 1. The Hall–Kier alpha value is -1.40. The number of carbonyl (C=O) groups is 2. The van der Waals surface area contributed by atoms with E-state index >= 15 is 0 Å². The maximum absolute atomic E-state index is 11.4. The highest BCUT2D eigenvalue weighted by atomic mass is 16.8. The van der Waals surface area contributed by atoms with E-state index in [0.29, 0.717) is 13.1 Å². The highest BCUT2D eigenvalue weighted by molar-refractivity contribution is 5.81. The number of nitrogens with one attached hydrogen (secondary N) is 1. The van der Waals surface area contributed by atoms with Crippen LogP contribution in [0.5, 0.6) is 0 Å². The molecule has 1 heterocycles. The Kier molecular flexibility index (Phi) is 3.21. The van der Waals surface area contributed by atoms with Gasteiger partial charge in [0.05, 0.1) is 13.2 Å². The molecule has 0 aromatic rings. The molecule has 1 rings (SSSR count). The molecule has 1 fully saturated rings. The summed E-state index contributed by atoms with van der Waals surface area (Å²) in [6, 6.07) is -0.408. The Bertz CT molecular complexity index is 266. The molecule has 1 atom stereocenters. The fourth-order valence-electron chi connectivity index (χ4n) is 1.31. The van der Waals surface area contributed by atoms with E-state index in [4.69, 9.17) is 9.94 Å². The number of hydrogen-bond acceptors (Lipinski definition) is 4. The van der Waals surface area contributed by atoms with Gasteiger partial charge in [0.2, 0.25) is 0 Å². The SMILES string of the molecule is C=CC(=O)O[N+]1(CCO)CCNC1=O. The standard InChI is InChI=1S/C8H12N2O4/c1-2-7(12)14-10(5-6-11)4-3-9-8(10)13/h2,11H,1,3-6H2/p+1. The molecule has 78 valence electrons. The number of amides is 2. The van der Waals surface area contributed by atoms with Gasteiger partial charge in [0.15, 0.2) is 6.54 Å². The molecule has 1 saturated heterocycles. The molecule has 14 heavy (non-hydrogen) atoms. The van der Waals surface area contributed by atoms with E-state index in [2.05, 4.69) is 11.9 Å². The second-order valence-corrected chi connectivity index (χ2v) is 2.91. The molecule has 0 bridgehead atoms. The smallest absolute Gasteiger partial charge is 0.390 e. The van der Waals surface area contributed by atoms with Gasteiger partial charge < -0.3 is 5.11 Å². The van der Waals surface area contributed by atoms with Crippen LogP contribution < -0.4 is 5.32 Å². The number of urea groups is 1. The molecule has 2 amide bonds. The molecule has 1 aliphatic heterocycles. The van der Waals surface area contributed by atoms with Gasteiger partial charge in [-0.3, -0.25) is 10.2 Å². The Morgan fingerprint density at radius 2 is 2.50 bits per heavy atom. The van der Waals surface area contributed by atoms with Gasteiger partial charge in [0, 0.05) is 6.08 Å². The van der Waals surface area contributed by atoms with Crippen LogP contribution in [0.3, 0.4) is 0 Å². The lowest BCUT2D eigenvalue weighted by Gasteiger charge is -2.24. The first-order valence-electron chi connectivity index (χ1n) is 4.27. The van der Waals surface area contributed by atoms with Crippen molar-refractivity contribution in [1.82, 2.24) is 5.32 Å². The third-order valence-electron chi connectivity index (χ3n) is 2.01. The Balaban J connectivity index is 2.76. The fraction of sp³-hybridized carbons (Fsp3) is 0.500. The average Bonchev–Trinajstić information content (AvgIpc) is 2.49. The maximum atomic E-state index is 11.4. The molecule has 0 aliphatic carbocycles. The zero-order chi connectivity index (χ0) is 10.6. The predicted molar refractivity (Wildman–Crippen MR) is 46.8 cm³/mol. The van der Waals surface area contributed by atoms with Gasteiger partial charge >= 0.3 is 12.0 Å². The topological polar surface area (TPSA) is 75.6 Å². The highest BCUT2D eigenvalue weighted by Gasteiger charge is 2.46. The summed E-state index contributed by atoms with van der Waals surface area (Å²) in [6.07, 6.45) is 0.989. The van der Waals surface area contributed by atoms with Crippen LogP contribution in [-0.4, -0.2) is 48.0 Å². The number of quaternary nitrogens is 1. The van der Waals surface area contributed by atoms with Gasteiger partial charge in [-0.25, -0.2) is 9.59 Å². The van der Waals surface area contributed by atoms with E-state index in [-0.39, 0.29) is 13.2 Å². The Morgan fingerprint density at radius 3 is 2.93 bits per heavy atom. The average molecular weight is 201 g/mol. The molecule has 0 aromatic heterocycles. The van der Waals surface area contributed by atoms with Gasteiger partial charge in [-0.1, -0.05) is 6.58 Å². The van der Waals surface area contributed by atoms with E-state index < -0.39 is 16.6 Å². The molecule has 2 N–H and O–H groups in total. The van der Waals surface area contributed by atoms with Crippen molar-refractivity contribution in [3.8, 4) is 0 Å². The van der Waals surface area contributed by atoms with Crippen LogP contribution in [0.1, 0.15) is 0 Å². The molecule has 6 nitrogen and oxygen atoms in total. The third kappa shape index (κ3) is 1.91. The van der Waals surface area contributed by atoms with E-state index in [0.717, 1.165) is 6.08 Å². The van der Waals surface area contributed by atoms with Crippen molar-refractivity contribution in [2.24, 2.45) is 0 Å². The molecule has 6 heteroatoms. The number of hydrogen-bond donors (Lipinski definition) is 2. The lowest BCUT2D eigenvalue weighted by Crippen LogP contribution is -2.53. The first-order valence-corrected chi connectivity index (χ1v) is 4.27. The number of nitrogens with zero attached hydrogens (tertiary/aromatic N) is 1. The first kappa shape index (κ1) is 10.7. The summed E-state index contributed by atoms with van der Waals surface area (Å²) < 4.78 is -0.499. The highest BCUT2D eigenvalue weighted by Crippen LogP contribution is 2.13. The molecule has 0 aromatic carbocycles.